The van der Waals surface area contributed by atoms with E-state index in [0.717, 1.165) is 24.1 Å². The van der Waals surface area contributed by atoms with Crippen LogP contribution in [0, 0.1) is 5.92 Å². The minimum atomic E-state index is 0.0145. The van der Waals surface area contributed by atoms with Crippen molar-refractivity contribution < 1.29 is 9.59 Å². The van der Waals surface area contributed by atoms with Crippen LogP contribution in [-0.4, -0.2) is 46.0 Å². The summed E-state index contributed by atoms with van der Waals surface area (Å²) in [6, 6.07) is 2.17. The smallest absolute Gasteiger partial charge is 0.257 e. The number of aromatic nitrogens is 2. The van der Waals surface area contributed by atoms with Gasteiger partial charge in [-0.2, -0.15) is 16.4 Å². The Hall–Kier alpha value is -2.15. The second kappa shape index (κ2) is 8.25. The molecule has 2 aliphatic rings. The molecule has 7 heteroatoms. The highest BCUT2D eigenvalue weighted by molar-refractivity contribution is 7.08. The molecule has 0 spiro atoms. The lowest BCUT2D eigenvalue weighted by Crippen LogP contribution is -2.46. The van der Waals surface area contributed by atoms with E-state index in [4.69, 9.17) is 0 Å². The number of aromatic amines is 1. The summed E-state index contributed by atoms with van der Waals surface area (Å²) < 4.78 is 0. The highest BCUT2D eigenvalue weighted by Crippen LogP contribution is 2.28. The normalized spacial score (nSPS) is 18.7. The summed E-state index contributed by atoms with van der Waals surface area (Å²) in [5.74, 6) is 0.769. The van der Waals surface area contributed by atoms with Crippen LogP contribution >= 0.6 is 11.3 Å². The number of amides is 2. The summed E-state index contributed by atoms with van der Waals surface area (Å²) in [6.45, 7) is 1.34. The Labute approximate surface area is 163 Å². The fourth-order valence-electron chi connectivity index (χ4n) is 4.24. The Balaban J connectivity index is 1.30. The number of nitrogens with one attached hydrogen (secondary N) is 2. The third-order valence-corrected chi connectivity index (χ3v) is 6.46. The minimum Gasteiger partial charge on any atom is -0.353 e. The average molecular weight is 387 g/mol. The summed E-state index contributed by atoms with van der Waals surface area (Å²) >= 11 is 1.60. The molecule has 6 nitrogen and oxygen atoms in total. The van der Waals surface area contributed by atoms with Crippen molar-refractivity contribution in [3.63, 3.8) is 0 Å². The maximum atomic E-state index is 12.9. The van der Waals surface area contributed by atoms with Crippen LogP contribution in [0.4, 0.5) is 0 Å². The molecule has 2 aromatic heterocycles. The van der Waals surface area contributed by atoms with Crippen LogP contribution in [0.2, 0.25) is 0 Å². The standard InChI is InChI=1S/C20H26N4O2S/c25-18(11-14-3-1-2-4-14)22-16-5-8-24(9-6-16)20(26)17-12-21-23-19(17)15-7-10-27-13-15/h7,10,12-14,16H,1-6,8-9,11H2,(H,21,23)(H,22,25). The number of carbonyl (C=O) groups is 2. The maximum absolute atomic E-state index is 12.9. The van der Waals surface area contributed by atoms with Crippen molar-refractivity contribution >= 4 is 23.2 Å². The van der Waals surface area contributed by atoms with E-state index in [2.05, 4.69) is 15.5 Å². The molecule has 0 unspecified atom stereocenters. The molecule has 144 valence electrons. The van der Waals surface area contributed by atoms with Gasteiger partial charge in [0.1, 0.15) is 0 Å². The van der Waals surface area contributed by atoms with E-state index in [-0.39, 0.29) is 17.9 Å². The zero-order valence-corrected chi connectivity index (χ0v) is 16.3. The van der Waals surface area contributed by atoms with Gasteiger partial charge in [0.25, 0.3) is 5.91 Å². The van der Waals surface area contributed by atoms with Crippen molar-refractivity contribution in [1.29, 1.82) is 0 Å². The summed E-state index contributed by atoms with van der Waals surface area (Å²) in [5, 5.41) is 14.2. The van der Waals surface area contributed by atoms with Gasteiger partial charge in [-0.15, -0.1) is 0 Å². The minimum absolute atomic E-state index is 0.0145. The summed E-state index contributed by atoms with van der Waals surface area (Å²) in [5.41, 5.74) is 2.40. The third kappa shape index (κ3) is 4.24. The molecule has 0 radical (unpaired) electrons. The van der Waals surface area contributed by atoms with Crippen LogP contribution in [-0.2, 0) is 4.79 Å². The van der Waals surface area contributed by atoms with E-state index in [1.165, 1.54) is 25.7 Å². The highest BCUT2D eigenvalue weighted by atomic mass is 32.1. The number of nitrogens with zero attached hydrogens (tertiary/aromatic N) is 2. The molecule has 3 heterocycles. The van der Waals surface area contributed by atoms with Gasteiger partial charge in [-0.25, -0.2) is 0 Å². The lowest BCUT2D eigenvalue weighted by molar-refractivity contribution is -0.122. The number of piperidine rings is 1. The number of carbonyl (C=O) groups excluding carboxylic acids is 2. The van der Waals surface area contributed by atoms with Crippen molar-refractivity contribution in [3.8, 4) is 11.3 Å². The first-order valence-corrected chi connectivity index (χ1v) is 10.8. The van der Waals surface area contributed by atoms with Crippen LogP contribution in [0.15, 0.2) is 23.0 Å². The molecule has 27 heavy (non-hydrogen) atoms. The lowest BCUT2D eigenvalue weighted by Gasteiger charge is -2.32. The van der Waals surface area contributed by atoms with Gasteiger partial charge in [-0.1, -0.05) is 12.8 Å². The summed E-state index contributed by atoms with van der Waals surface area (Å²) in [7, 11) is 0. The molecule has 2 amide bonds. The lowest BCUT2D eigenvalue weighted by atomic mass is 10.0. The molecule has 1 saturated carbocycles. The second-order valence-corrected chi connectivity index (χ2v) is 8.44. The quantitative estimate of drug-likeness (QED) is 0.826. The van der Waals surface area contributed by atoms with E-state index in [9.17, 15) is 9.59 Å². The molecule has 0 bridgehead atoms. The molecule has 1 aliphatic heterocycles. The van der Waals surface area contributed by atoms with Crippen molar-refractivity contribution in [3.05, 3.63) is 28.6 Å². The van der Waals surface area contributed by atoms with Crippen molar-refractivity contribution in [1.82, 2.24) is 20.4 Å². The molecule has 1 saturated heterocycles. The van der Waals surface area contributed by atoms with E-state index in [1.807, 2.05) is 21.7 Å². The van der Waals surface area contributed by atoms with Gasteiger partial charge in [-0.05, 0) is 43.0 Å². The molecule has 0 aromatic carbocycles. The Kier molecular flexibility index (Phi) is 5.57. The molecular formula is C20H26N4O2S. The van der Waals surface area contributed by atoms with E-state index in [0.29, 0.717) is 31.0 Å². The molecule has 4 rings (SSSR count). The predicted octanol–water partition coefficient (Wildman–Crippen LogP) is 3.44. The second-order valence-electron chi connectivity index (χ2n) is 7.66. The highest BCUT2D eigenvalue weighted by Gasteiger charge is 2.27. The molecule has 2 fully saturated rings. The average Bonchev–Trinajstić information content (AvgIpc) is 3.43. The number of rotatable bonds is 5. The number of hydrogen-bond acceptors (Lipinski definition) is 4. The predicted molar refractivity (Wildman–Crippen MR) is 106 cm³/mol. The monoisotopic (exact) mass is 386 g/mol. The van der Waals surface area contributed by atoms with Crippen molar-refractivity contribution in [2.24, 2.45) is 5.92 Å². The SMILES string of the molecule is O=C(CC1CCCC1)NC1CCN(C(=O)c2cn[nH]c2-c2ccsc2)CC1. The zero-order valence-electron chi connectivity index (χ0n) is 15.4. The van der Waals surface area contributed by atoms with Crippen LogP contribution < -0.4 is 5.32 Å². The van der Waals surface area contributed by atoms with Gasteiger partial charge in [0.05, 0.1) is 17.5 Å². The summed E-state index contributed by atoms with van der Waals surface area (Å²) in [4.78, 5) is 27.0. The van der Waals surface area contributed by atoms with E-state index < -0.39 is 0 Å². The van der Waals surface area contributed by atoms with Gasteiger partial charge in [0, 0.05) is 36.5 Å². The van der Waals surface area contributed by atoms with E-state index >= 15 is 0 Å². The first-order valence-electron chi connectivity index (χ1n) is 9.85. The molecule has 2 N–H and O–H groups in total. The number of H-pyrrole nitrogens is 1. The van der Waals surface area contributed by atoms with Crippen molar-refractivity contribution in [2.75, 3.05) is 13.1 Å². The van der Waals surface area contributed by atoms with Crippen LogP contribution in [0.3, 0.4) is 0 Å². The first-order chi connectivity index (χ1) is 13.2. The Morgan fingerprint density at radius 3 is 2.70 bits per heavy atom. The van der Waals surface area contributed by atoms with Gasteiger partial charge in [-0.3, -0.25) is 14.7 Å². The van der Waals surface area contributed by atoms with Gasteiger partial charge in [0.15, 0.2) is 0 Å². The third-order valence-electron chi connectivity index (χ3n) is 5.78. The number of likely N-dealkylation sites (tertiary alicyclic amines) is 1. The number of hydrogen-bond donors (Lipinski definition) is 2. The van der Waals surface area contributed by atoms with E-state index in [1.54, 1.807) is 17.5 Å². The van der Waals surface area contributed by atoms with Gasteiger partial charge >= 0.3 is 0 Å². The number of thiophene rings is 1. The topological polar surface area (TPSA) is 78.1 Å². The maximum Gasteiger partial charge on any atom is 0.257 e. The summed E-state index contributed by atoms with van der Waals surface area (Å²) in [6.07, 6.45) is 8.82. The largest absolute Gasteiger partial charge is 0.353 e. The first kappa shape index (κ1) is 18.2. The zero-order chi connectivity index (χ0) is 18.6. The molecular weight excluding hydrogens is 360 g/mol. The van der Waals surface area contributed by atoms with Crippen molar-refractivity contribution in [2.45, 2.75) is 51.0 Å². The van der Waals surface area contributed by atoms with Gasteiger partial charge < -0.3 is 10.2 Å². The Bertz CT molecular complexity index is 772. The van der Waals surface area contributed by atoms with Crippen LogP contribution in [0.5, 0.6) is 0 Å². The molecule has 1 aliphatic carbocycles. The Morgan fingerprint density at radius 2 is 2.00 bits per heavy atom. The Morgan fingerprint density at radius 1 is 1.22 bits per heavy atom. The molecule has 2 aromatic rings. The van der Waals surface area contributed by atoms with Gasteiger partial charge in [0.2, 0.25) is 5.91 Å². The molecule has 0 atom stereocenters. The van der Waals surface area contributed by atoms with Crippen LogP contribution in [0.1, 0.15) is 55.3 Å². The fraction of sp³-hybridized carbons (Fsp3) is 0.550. The fourth-order valence-corrected chi connectivity index (χ4v) is 4.88. The van der Waals surface area contributed by atoms with Crippen LogP contribution in [0.25, 0.3) is 11.3 Å².